The van der Waals surface area contributed by atoms with E-state index in [0.29, 0.717) is 29.2 Å². The normalized spacial score (nSPS) is 18.4. The molecular weight excluding hydrogens is 440 g/mol. The van der Waals surface area contributed by atoms with Crippen molar-refractivity contribution in [1.29, 1.82) is 5.26 Å². The monoisotopic (exact) mass is 460 g/mol. The lowest BCUT2D eigenvalue weighted by molar-refractivity contribution is 0.00456. The van der Waals surface area contributed by atoms with E-state index in [4.69, 9.17) is 26.6 Å². The van der Waals surface area contributed by atoms with Crippen LogP contribution in [0.5, 0.6) is 0 Å². The Balaban J connectivity index is 1.64. The van der Waals surface area contributed by atoms with E-state index in [1.54, 1.807) is 29.9 Å². The van der Waals surface area contributed by atoms with Crippen LogP contribution in [-0.4, -0.2) is 30.8 Å². The summed E-state index contributed by atoms with van der Waals surface area (Å²) >= 11 is 6.26. The molecule has 0 amide bonds. The lowest BCUT2D eigenvalue weighted by atomic mass is 9.90. The summed E-state index contributed by atoms with van der Waals surface area (Å²) in [4.78, 5) is 22.6. The molecule has 1 fully saturated rings. The first-order chi connectivity index (χ1) is 15.9. The van der Waals surface area contributed by atoms with Crippen LogP contribution in [-0.2, 0) is 11.8 Å². The van der Waals surface area contributed by atoms with Crippen molar-refractivity contribution < 1.29 is 4.74 Å². The number of hydrogen-bond acceptors (Lipinski definition) is 6. The van der Waals surface area contributed by atoms with Crippen LogP contribution in [0.4, 0.5) is 0 Å². The fourth-order valence-corrected chi connectivity index (χ4v) is 4.38. The van der Waals surface area contributed by atoms with Crippen molar-refractivity contribution in [3.8, 4) is 17.3 Å². The summed E-state index contributed by atoms with van der Waals surface area (Å²) < 4.78 is 9.25. The highest BCUT2D eigenvalue weighted by atomic mass is 35.5. The fraction of sp³-hybridized carbons (Fsp3) is 0.292. The molecule has 4 heterocycles. The van der Waals surface area contributed by atoms with E-state index in [1.165, 1.54) is 4.40 Å². The molecule has 2 atom stereocenters. The van der Waals surface area contributed by atoms with Crippen molar-refractivity contribution in [1.82, 2.24) is 24.1 Å². The Labute approximate surface area is 195 Å². The average molecular weight is 461 g/mol. The second-order valence-corrected chi connectivity index (χ2v) is 8.62. The van der Waals surface area contributed by atoms with Crippen LogP contribution >= 0.6 is 11.6 Å². The van der Waals surface area contributed by atoms with E-state index in [-0.39, 0.29) is 22.6 Å². The SMILES string of the molecule is Cc1nc2c(-c3ccc(C#N)cc3)nc(C3CCOC(c4cnn(C)c4)C3)cn2c(=O)c1Cl. The Morgan fingerprint density at radius 3 is 2.70 bits per heavy atom. The fourth-order valence-electron chi connectivity index (χ4n) is 4.24. The van der Waals surface area contributed by atoms with Gasteiger partial charge >= 0.3 is 0 Å². The van der Waals surface area contributed by atoms with Gasteiger partial charge in [-0.1, -0.05) is 23.7 Å². The molecule has 9 heteroatoms. The second-order valence-electron chi connectivity index (χ2n) is 8.24. The first-order valence-corrected chi connectivity index (χ1v) is 11.0. The minimum Gasteiger partial charge on any atom is -0.373 e. The molecule has 5 rings (SSSR count). The average Bonchev–Trinajstić information content (AvgIpc) is 3.29. The van der Waals surface area contributed by atoms with E-state index in [1.807, 2.05) is 31.6 Å². The zero-order valence-corrected chi connectivity index (χ0v) is 19.0. The van der Waals surface area contributed by atoms with Gasteiger partial charge in [0.2, 0.25) is 0 Å². The van der Waals surface area contributed by atoms with Gasteiger partial charge in [-0.05, 0) is 31.9 Å². The number of hydrogen-bond donors (Lipinski definition) is 0. The van der Waals surface area contributed by atoms with E-state index < -0.39 is 0 Å². The molecular formula is C24H21ClN6O2. The summed E-state index contributed by atoms with van der Waals surface area (Å²) in [5.41, 5.74) is 4.27. The van der Waals surface area contributed by atoms with Crippen LogP contribution in [0.15, 0.2) is 47.7 Å². The standard InChI is InChI=1S/C24H21ClN6O2/c1-14-21(25)24(32)31-13-19(17-7-8-33-20(9-17)18-11-27-30(2)12-18)29-22(23(31)28-14)16-5-3-15(10-26)4-6-16/h3-6,11-13,17,20H,7-9H2,1-2H3. The lowest BCUT2D eigenvalue weighted by Gasteiger charge is -2.29. The Morgan fingerprint density at radius 2 is 2.00 bits per heavy atom. The molecule has 0 N–H and O–H groups in total. The van der Waals surface area contributed by atoms with Crippen LogP contribution < -0.4 is 5.56 Å². The molecule has 33 heavy (non-hydrogen) atoms. The van der Waals surface area contributed by atoms with Crippen molar-refractivity contribution in [3.63, 3.8) is 0 Å². The molecule has 3 aromatic heterocycles. The van der Waals surface area contributed by atoms with Crippen LogP contribution in [0, 0.1) is 18.3 Å². The Hall–Kier alpha value is -3.54. The summed E-state index contributed by atoms with van der Waals surface area (Å²) in [7, 11) is 1.88. The first-order valence-electron chi connectivity index (χ1n) is 10.6. The predicted molar refractivity (Wildman–Crippen MR) is 123 cm³/mol. The van der Waals surface area contributed by atoms with Gasteiger partial charge in [0.05, 0.1) is 35.3 Å². The maximum Gasteiger partial charge on any atom is 0.277 e. The third kappa shape index (κ3) is 3.90. The molecule has 0 aliphatic carbocycles. The molecule has 1 aliphatic rings. The maximum atomic E-state index is 13.0. The minimum absolute atomic E-state index is 0.0810. The van der Waals surface area contributed by atoms with Crippen LogP contribution in [0.2, 0.25) is 5.02 Å². The molecule has 2 unspecified atom stereocenters. The van der Waals surface area contributed by atoms with Crippen molar-refractivity contribution in [3.05, 3.63) is 80.7 Å². The van der Waals surface area contributed by atoms with Gasteiger partial charge in [0, 0.05) is 43.1 Å². The van der Waals surface area contributed by atoms with Gasteiger partial charge in [0.1, 0.15) is 10.7 Å². The summed E-state index contributed by atoms with van der Waals surface area (Å²) in [5.74, 6) is 0.0810. The Bertz CT molecular complexity index is 1450. The second kappa shape index (κ2) is 8.43. The third-order valence-corrected chi connectivity index (χ3v) is 6.46. The zero-order valence-electron chi connectivity index (χ0n) is 18.2. The van der Waals surface area contributed by atoms with Gasteiger partial charge in [-0.25, -0.2) is 9.97 Å². The Kier molecular flexibility index (Phi) is 5.44. The van der Waals surface area contributed by atoms with Gasteiger partial charge in [0.25, 0.3) is 5.56 Å². The quantitative estimate of drug-likeness (QED) is 0.459. The number of ether oxygens (including phenoxy) is 1. The molecule has 1 saturated heterocycles. The van der Waals surface area contributed by atoms with Gasteiger partial charge in [0.15, 0.2) is 5.65 Å². The van der Waals surface area contributed by atoms with E-state index in [9.17, 15) is 4.79 Å². The zero-order chi connectivity index (χ0) is 23.1. The van der Waals surface area contributed by atoms with E-state index >= 15 is 0 Å². The van der Waals surface area contributed by atoms with Gasteiger partial charge < -0.3 is 4.74 Å². The molecule has 0 spiro atoms. The number of aryl methyl sites for hydroxylation is 2. The summed E-state index contributed by atoms with van der Waals surface area (Å²) in [6, 6.07) is 9.23. The third-order valence-electron chi connectivity index (χ3n) is 6.03. The highest BCUT2D eigenvalue weighted by Crippen LogP contribution is 2.37. The molecule has 0 radical (unpaired) electrons. The van der Waals surface area contributed by atoms with E-state index in [0.717, 1.165) is 29.7 Å². The van der Waals surface area contributed by atoms with Crippen molar-refractivity contribution in [2.24, 2.45) is 7.05 Å². The topological polar surface area (TPSA) is 98.1 Å². The number of rotatable bonds is 3. The first kappa shape index (κ1) is 21.3. The summed E-state index contributed by atoms with van der Waals surface area (Å²) in [6.07, 6.45) is 6.94. The molecule has 1 aliphatic heterocycles. The van der Waals surface area contributed by atoms with Crippen LogP contribution in [0.1, 0.15) is 47.4 Å². The number of nitriles is 1. The largest absolute Gasteiger partial charge is 0.373 e. The number of nitrogens with zero attached hydrogens (tertiary/aromatic N) is 6. The highest BCUT2D eigenvalue weighted by molar-refractivity contribution is 6.31. The lowest BCUT2D eigenvalue weighted by Crippen LogP contribution is -2.23. The van der Waals surface area contributed by atoms with Crippen LogP contribution in [0.3, 0.4) is 0 Å². The molecule has 1 aromatic carbocycles. The summed E-state index contributed by atoms with van der Waals surface area (Å²) in [6.45, 7) is 2.29. The van der Waals surface area contributed by atoms with Gasteiger partial charge in [-0.2, -0.15) is 10.4 Å². The smallest absolute Gasteiger partial charge is 0.277 e. The Morgan fingerprint density at radius 1 is 1.21 bits per heavy atom. The number of halogens is 1. The molecule has 0 bridgehead atoms. The highest BCUT2D eigenvalue weighted by Gasteiger charge is 2.28. The van der Waals surface area contributed by atoms with E-state index in [2.05, 4.69) is 16.2 Å². The van der Waals surface area contributed by atoms with Gasteiger partial charge in [-0.15, -0.1) is 0 Å². The van der Waals surface area contributed by atoms with Crippen molar-refractivity contribution in [2.45, 2.75) is 31.8 Å². The van der Waals surface area contributed by atoms with Gasteiger partial charge in [-0.3, -0.25) is 13.9 Å². The predicted octanol–water partition coefficient (Wildman–Crippen LogP) is 3.96. The van der Waals surface area contributed by atoms with Crippen molar-refractivity contribution >= 4 is 17.2 Å². The number of benzene rings is 1. The van der Waals surface area contributed by atoms with Crippen LogP contribution in [0.25, 0.3) is 16.9 Å². The van der Waals surface area contributed by atoms with Crippen molar-refractivity contribution in [2.75, 3.05) is 6.61 Å². The maximum absolute atomic E-state index is 13.0. The number of fused-ring (bicyclic) bond motifs is 1. The summed E-state index contributed by atoms with van der Waals surface area (Å²) in [5, 5.41) is 13.5. The molecule has 166 valence electrons. The number of aromatic nitrogens is 5. The molecule has 4 aromatic rings. The molecule has 0 saturated carbocycles. The molecule has 8 nitrogen and oxygen atoms in total. The minimum atomic E-state index is -0.325.